The van der Waals surface area contributed by atoms with E-state index in [9.17, 15) is 0 Å². The summed E-state index contributed by atoms with van der Waals surface area (Å²) in [6.07, 6.45) is 7.16. The molecule has 208 valence electrons. The largest absolute Gasteiger partial charge is 0.459 e. The van der Waals surface area contributed by atoms with Gasteiger partial charge in [-0.25, -0.2) is 4.68 Å². The van der Waals surface area contributed by atoms with Gasteiger partial charge in [-0.2, -0.15) is 5.10 Å². The van der Waals surface area contributed by atoms with Gasteiger partial charge in [-0.1, -0.05) is 70.2 Å². The van der Waals surface area contributed by atoms with Gasteiger partial charge in [0.1, 0.15) is 28.9 Å². The molecular weight excluding hydrogens is 492 g/mol. The number of rotatable bonds is 7. The average Bonchev–Trinajstić information content (AvgIpc) is 3.49. The van der Waals surface area contributed by atoms with E-state index in [1.54, 1.807) is 0 Å². The lowest BCUT2D eigenvalue weighted by Gasteiger charge is -2.41. The molecule has 40 heavy (non-hydrogen) atoms. The van der Waals surface area contributed by atoms with Gasteiger partial charge in [-0.3, -0.25) is 0 Å². The van der Waals surface area contributed by atoms with Gasteiger partial charge >= 0.3 is 0 Å². The lowest BCUT2D eigenvalue weighted by atomic mass is 9.82. The van der Waals surface area contributed by atoms with Crippen LogP contribution >= 0.6 is 0 Å². The van der Waals surface area contributed by atoms with Crippen LogP contribution in [0.2, 0.25) is 0 Å². The molecule has 3 aromatic carbocycles. The number of anilines is 1. The van der Waals surface area contributed by atoms with Gasteiger partial charge in [0, 0.05) is 17.8 Å². The Labute approximate surface area is 244 Å². The molecule has 4 aromatic rings. The van der Waals surface area contributed by atoms with Crippen molar-refractivity contribution in [3.05, 3.63) is 90.3 Å². The zero-order valence-corrected chi connectivity index (χ0v) is 24.9. The molecule has 0 aliphatic carbocycles. The summed E-state index contributed by atoms with van der Waals surface area (Å²) in [6.45, 7) is 14.6. The summed E-state index contributed by atoms with van der Waals surface area (Å²) < 4.78 is 33.7. The van der Waals surface area contributed by atoms with Crippen LogP contribution in [0.15, 0.2) is 79.1 Å². The fraction of sp³-hybridized carbons (Fsp3) is 0.371. The van der Waals surface area contributed by atoms with Crippen molar-refractivity contribution in [3.8, 4) is 28.3 Å². The molecular formula is C35H42N4O. The van der Waals surface area contributed by atoms with Crippen molar-refractivity contribution in [2.75, 3.05) is 11.9 Å². The smallest absolute Gasteiger partial charge is 0.132 e. The van der Waals surface area contributed by atoms with Crippen molar-refractivity contribution >= 4 is 12.0 Å². The minimum absolute atomic E-state index is 0.397. The minimum Gasteiger partial charge on any atom is -0.459 e. The quantitative estimate of drug-likeness (QED) is 0.175. The second-order valence-electron chi connectivity index (χ2n) is 12.3. The first-order valence-electron chi connectivity index (χ1n) is 15.5. The molecule has 0 unspecified atom stereocenters. The Bertz CT molecular complexity index is 1640. The summed E-state index contributed by atoms with van der Waals surface area (Å²) in [5.74, 6) is 2.11. The number of likely N-dealkylation sites (N-methyl/N-ethyl adjacent to an activating group) is 1. The number of nitrogens with zero attached hydrogens (tertiary/aromatic N) is 4. The highest BCUT2D eigenvalue weighted by Gasteiger charge is 2.49. The molecule has 0 fully saturated rings. The Morgan fingerprint density at radius 2 is 1.43 bits per heavy atom. The van der Waals surface area contributed by atoms with Crippen LogP contribution in [-0.2, 0) is 0 Å². The van der Waals surface area contributed by atoms with Gasteiger partial charge in [0.05, 0.1) is 23.0 Å². The third-order valence-electron chi connectivity index (χ3n) is 8.45. The number of benzene rings is 3. The Hall–Kier alpha value is -3.86. The van der Waals surface area contributed by atoms with Crippen molar-refractivity contribution in [2.45, 2.75) is 78.3 Å². The maximum absolute atomic E-state index is 8.04. The number of aromatic nitrogens is 2. The van der Waals surface area contributed by atoms with E-state index in [0.29, 0.717) is 23.3 Å². The van der Waals surface area contributed by atoms with Crippen LogP contribution in [0.3, 0.4) is 0 Å². The second-order valence-corrected chi connectivity index (χ2v) is 12.3. The zero-order valence-electron chi connectivity index (χ0n) is 27.9. The fourth-order valence-corrected chi connectivity index (χ4v) is 5.27. The summed E-state index contributed by atoms with van der Waals surface area (Å²) in [6, 6.07) is 22.1. The standard InChI is InChI=1S/C35H42N4O/c1-24(2)31-17-12-18-32(25(3)4)33(31)26-21-36-39(22-26)28-14-11-16-30(20-28)40-29-15-10-13-27(19-29)38-23-37(9)34(5,6)35(38,7)8/h10-22,24-25H,1-9H3/i9D3. The van der Waals surface area contributed by atoms with E-state index in [4.69, 9.17) is 13.9 Å². The Kier molecular flexibility index (Phi) is 6.16. The first-order chi connectivity index (χ1) is 20.1. The van der Waals surface area contributed by atoms with E-state index in [1.807, 2.05) is 92.0 Å². The molecule has 0 saturated carbocycles. The van der Waals surface area contributed by atoms with Crippen LogP contribution in [0.25, 0.3) is 16.8 Å². The lowest BCUT2D eigenvalue weighted by molar-refractivity contribution is -0.570. The number of hydrogen-bond acceptors (Lipinski definition) is 3. The molecule has 5 rings (SSSR count). The molecule has 1 aliphatic rings. The van der Waals surface area contributed by atoms with Crippen molar-refractivity contribution in [3.63, 3.8) is 0 Å². The van der Waals surface area contributed by atoms with Crippen molar-refractivity contribution in [1.82, 2.24) is 9.78 Å². The summed E-state index contributed by atoms with van der Waals surface area (Å²) in [7, 11) is 0. The summed E-state index contributed by atoms with van der Waals surface area (Å²) in [5, 5.41) is 4.73. The van der Waals surface area contributed by atoms with E-state index in [-0.39, 0.29) is 0 Å². The first-order valence-corrected chi connectivity index (χ1v) is 14.0. The van der Waals surface area contributed by atoms with E-state index in [0.717, 1.165) is 16.9 Å². The molecule has 0 amide bonds. The molecule has 0 radical (unpaired) electrons. The maximum atomic E-state index is 8.04. The molecule has 0 spiro atoms. The molecule has 0 bridgehead atoms. The molecule has 5 nitrogen and oxygen atoms in total. The van der Waals surface area contributed by atoms with E-state index in [2.05, 4.69) is 58.4 Å². The molecule has 0 N–H and O–H groups in total. The summed E-state index contributed by atoms with van der Waals surface area (Å²) in [4.78, 5) is 1.90. The maximum Gasteiger partial charge on any atom is 0.132 e. The fourth-order valence-electron chi connectivity index (χ4n) is 5.27. The molecule has 1 aromatic heterocycles. The minimum atomic E-state index is -2.30. The van der Waals surface area contributed by atoms with Crippen LogP contribution in [0, 0.1) is 0 Å². The highest BCUT2D eigenvalue weighted by Crippen LogP contribution is 2.39. The molecule has 1 aliphatic heterocycles. The molecule has 2 heterocycles. The van der Waals surface area contributed by atoms with E-state index >= 15 is 0 Å². The van der Waals surface area contributed by atoms with Crippen molar-refractivity contribution < 1.29 is 13.4 Å². The van der Waals surface area contributed by atoms with E-state index < -0.39 is 18.1 Å². The molecule has 0 atom stereocenters. The molecule has 0 saturated heterocycles. The van der Waals surface area contributed by atoms with Gasteiger partial charge in [0.2, 0.25) is 0 Å². The average molecular weight is 538 g/mol. The highest BCUT2D eigenvalue weighted by molar-refractivity contribution is 5.81. The third-order valence-corrected chi connectivity index (χ3v) is 8.45. The van der Waals surface area contributed by atoms with Crippen LogP contribution in [0.1, 0.15) is 82.5 Å². The molecule has 5 heteroatoms. The van der Waals surface area contributed by atoms with Gasteiger partial charge in [0.15, 0.2) is 0 Å². The van der Waals surface area contributed by atoms with Crippen LogP contribution in [0.4, 0.5) is 5.69 Å². The number of hydrogen-bond donors (Lipinski definition) is 0. The summed E-state index contributed by atoms with van der Waals surface area (Å²) in [5.41, 5.74) is 5.49. The second kappa shape index (κ2) is 10.3. The van der Waals surface area contributed by atoms with E-state index in [1.165, 1.54) is 21.3 Å². The predicted molar refractivity (Wildman–Crippen MR) is 166 cm³/mol. The number of ether oxygens (including phenoxy) is 1. The van der Waals surface area contributed by atoms with Crippen LogP contribution < -0.4 is 9.64 Å². The lowest BCUT2D eigenvalue weighted by Crippen LogP contribution is -2.54. The monoisotopic (exact) mass is 537 g/mol. The predicted octanol–water partition coefficient (Wildman–Crippen LogP) is 8.50. The normalized spacial score (nSPS) is 17.5. The van der Waals surface area contributed by atoms with Crippen LogP contribution in [-0.4, -0.2) is 38.7 Å². The van der Waals surface area contributed by atoms with Gasteiger partial charge in [-0.05, 0) is 80.1 Å². The Morgan fingerprint density at radius 1 is 0.850 bits per heavy atom. The van der Waals surface area contributed by atoms with Gasteiger partial charge in [0.25, 0.3) is 0 Å². The summed E-state index contributed by atoms with van der Waals surface area (Å²) >= 11 is 0. The zero-order chi connectivity index (χ0) is 31.3. The van der Waals surface area contributed by atoms with Gasteiger partial charge < -0.3 is 14.2 Å². The SMILES string of the molecule is [2H]C([2H])([2H])[N+]1=[C-]N(c2cccc(Oc3cccc(-n4cc(-c5c(C(C)C)cccc5C(C)C)cn4)c3)c2)C(C)(C)C1(C)C. The van der Waals surface area contributed by atoms with Crippen molar-refractivity contribution in [2.24, 2.45) is 0 Å². The van der Waals surface area contributed by atoms with Gasteiger partial charge in [-0.15, -0.1) is 0 Å². The first kappa shape index (κ1) is 24.0. The Morgan fingerprint density at radius 3 is 2.00 bits per heavy atom. The topological polar surface area (TPSA) is 33.3 Å². The van der Waals surface area contributed by atoms with Crippen molar-refractivity contribution in [1.29, 1.82) is 0 Å². The highest BCUT2D eigenvalue weighted by atomic mass is 16.5. The Balaban J connectivity index is 1.44. The van der Waals surface area contributed by atoms with Crippen LogP contribution in [0.5, 0.6) is 11.5 Å². The third kappa shape index (κ3) is 4.83.